The lowest BCUT2D eigenvalue weighted by atomic mass is 9.82. The first-order chi connectivity index (χ1) is 40.6. The van der Waals surface area contributed by atoms with Gasteiger partial charge in [0.1, 0.15) is 0 Å². The summed E-state index contributed by atoms with van der Waals surface area (Å²) in [5.41, 5.74) is 3.90. The van der Waals surface area contributed by atoms with Crippen molar-refractivity contribution < 1.29 is 19.2 Å². The Labute approximate surface area is 487 Å². The van der Waals surface area contributed by atoms with Crippen molar-refractivity contribution in [2.24, 2.45) is 0 Å². The lowest BCUT2D eigenvalue weighted by molar-refractivity contribution is 0.0583. The topological polar surface area (TPSA) is 206 Å². The summed E-state index contributed by atoms with van der Waals surface area (Å²) in [4.78, 5) is 130. The highest BCUT2D eigenvalue weighted by Crippen LogP contribution is 2.47. The molecule has 11 aromatic carbocycles. The number of para-hydroxylation sites is 2. The van der Waals surface area contributed by atoms with Gasteiger partial charge in [-0.15, -0.1) is 0 Å². The zero-order valence-electron chi connectivity index (χ0n) is 42.8. The molecule has 84 heavy (non-hydrogen) atoms. The van der Waals surface area contributed by atoms with E-state index >= 15 is 0 Å². The van der Waals surface area contributed by atoms with E-state index in [2.05, 4.69) is 19.9 Å². The van der Waals surface area contributed by atoms with Gasteiger partial charge < -0.3 is 19.9 Å². The predicted molar refractivity (Wildman–Crippen MR) is 332 cm³/mol. The highest BCUT2D eigenvalue weighted by atomic mass is 35.5. The van der Waals surface area contributed by atoms with Crippen LogP contribution < -0.4 is 21.7 Å². The van der Waals surface area contributed by atoms with Crippen molar-refractivity contribution >= 4 is 200 Å². The standard InChI is InChI=1S/C66H30Cl4N6O8/c67-43-5-1-3-35-55(43)71-47-21-39-49(19-37(47)59(35)77)73-57-41(61(39)79)15-25(17-45(57)69)23-75-63(81)31-11-7-27-29-9-13-33-54-34(14-10-30(52(29)54)28-8-12-32(64(75)82)53(31)51(27)28)66(84)76(65(33)83)24-26-16-42-58(46(70)18-26)74-50-20-38-48(22-40(50)62(42)80)72-56-36(60(38)78)4-2-6-44(56)68/h1-22H,23-24H2,(H,71,77)(H,72,78)(H,73,79)(H,74,80). The SMILES string of the molecule is O=C1c2ccc3c4ccc5c6c(ccc(c7ccc(c2c37)C(=O)N1Cc1cc(Cl)c2[nH]c3cc7c(=O)c8cccc(Cl)c8[nH]c7cc3c(=O)c2c1)c64)C(=O)N(Cc1cc(Cl)c2[nH]c3cc4c(=O)c6cccc(Cl)c6[nH]c4cc3c(=O)c2c1)C5=O. The number of halogens is 4. The Morgan fingerprint density at radius 2 is 0.583 bits per heavy atom. The van der Waals surface area contributed by atoms with Gasteiger partial charge in [0.15, 0.2) is 21.7 Å². The second kappa shape index (κ2) is 16.8. The molecule has 4 amide bonds. The van der Waals surface area contributed by atoms with Gasteiger partial charge in [-0.1, -0.05) is 82.8 Å². The largest absolute Gasteiger partial charge is 0.353 e. The number of imide groups is 2. The minimum absolute atomic E-state index is 0.172. The van der Waals surface area contributed by atoms with Crippen LogP contribution in [0.4, 0.5) is 0 Å². The van der Waals surface area contributed by atoms with Crippen LogP contribution >= 0.6 is 46.4 Å². The number of H-pyrrole nitrogens is 4. The quantitative estimate of drug-likeness (QED) is 0.0756. The first-order valence-corrected chi connectivity index (χ1v) is 27.9. The molecule has 4 aromatic heterocycles. The Hall–Kier alpha value is -9.96. The minimum Gasteiger partial charge on any atom is -0.353 e. The number of amides is 4. The van der Waals surface area contributed by atoms with Crippen molar-refractivity contribution in [3.63, 3.8) is 0 Å². The molecule has 2 aliphatic heterocycles. The van der Waals surface area contributed by atoms with Crippen LogP contribution in [0.3, 0.4) is 0 Å². The van der Waals surface area contributed by atoms with Crippen LogP contribution in [-0.2, 0) is 13.1 Å². The second-order valence-corrected chi connectivity index (χ2v) is 23.2. The van der Waals surface area contributed by atoms with Gasteiger partial charge in [-0.3, -0.25) is 48.2 Å². The van der Waals surface area contributed by atoms with E-state index in [0.717, 1.165) is 9.80 Å². The van der Waals surface area contributed by atoms with Gasteiger partial charge in [-0.05, 0) is 141 Å². The summed E-state index contributed by atoms with van der Waals surface area (Å²) >= 11 is 26.7. The molecular weight excluding hydrogens is 1150 g/mol. The average Bonchev–Trinajstić information content (AvgIpc) is 0.765. The smallest absolute Gasteiger partial charge is 0.261 e. The Balaban J connectivity index is 0.716. The molecule has 0 atom stereocenters. The number of aromatic nitrogens is 4. The fourth-order valence-electron chi connectivity index (χ4n) is 13.3. The number of carbonyl (C=O) groups is 4. The van der Waals surface area contributed by atoms with E-state index in [1.54, 1.807) is 109 Å². The number of rotatable bonds is 4. The number of aromatic amines is 4. The molecule has 0 saturated carbocycles. The van der Waals surface area contributed by atoms with Crippen LogP contribution in [0, 0.1) is 0 Å². The maximum atomic E-state index is 14.7. The predicted octanol–water partition coefficient (Wildman–Crippen LogP) is 13.9. The molecule has 15 aromatic rings. The van der Waals surface area contributed by atoms with Crippen LogP contribution in [0.5, 0.6) is 0 Å². The summed E-state index contributed by atoms with van der Waals surface area (Å²) in [7, 11) is 0. The lowest BCUT2D eigenvalue weighted by Gasteiger charge is -2.30. The molecule has 6 heterocycles. The van der Waals surface area contributed by atoms with Crippen LogP contribution in [0.15, 0.2) is 153 Å². The molecule has 0 fully saturated rings. The number of fused-ring (bicyclic) bond motifs is 10. The number of nitrogens with zero attached hydrogens (tertiary/aromatic N) is 2. The van der Waals surface area contributed by atoms with Gasteiger partial charge in [0.05, 0.1) is 77.3 Å². The third-order valence-corrected chi connectivity index (χ3v) is 18.3. The van der Waals surface area contributed by atoms with Crippen molar-refractivity contribution in [2.75, 3.05) is 0 Å². The summed E-state index contributed by atoms with van der Waals surface area (Å²) in [6.07, 6.45) is 0. The maximum Gasteiger partial charge on any atom is 0.261 e. The van der Waals surface area contributed by atoms with E-state index in [0.29, 0.717) is 130 Å². The van der Waals surface area contributed by atoms with Gasteiger partial charge >= 0.3 is 0 Å². The van der Waals surface area contributed by atoms with E-state index < -0.39 is 23.6 Å². The van der Waals surface area contributed by atoms with Gasteiger partial charge in [-0.25, -0.2) is 0 Å². The van der Waals surface area contributed by atoms with Crippen LogP contribution in [-0.4, -0.2) is 53.4 Å². The van der Waals surface area contributed by atoms with E-state index in [9.17, 15) is 38.4 Å². The first-order valence-electron chi connectivity index (χ1n) is 26.4. The zero-order chi connectivity index (χ0) is 57.2. The third kappa shape index (κ3) is 6.42. The second-order valence-electron chi connectivity index (χ2n) is 21.6. The Bertz CT molecular complexity index is 5600. The third-order valence-electron chi connectivity index (χ3n) is 17.1. The molecular formula is C66H30Cl4N6O8. The number of hydrogen-bond donors (Lipinski definition) is 4. The number of hydrogen-bond acceptors (Lipinski definition) is 8. The van der Waals surface area contributed by atoms with E-state index in [-0.39, 0.29) is 88.6 Å². The first kappa shape index (κ1) is 48.7. The molecule has 0 bridgehead atoms. The van der Waals surface area contributed by atoms with E-state index in [4.69, 9.17) is 46.4 Å². The maximum absolute atomic E-state index is 14.7. The fourth-order valence-corrected chi connectivity index (χ4v) is 14.3. The van der Waals surface area contributed by atoms with Crippen LogP contribution in [0.2, 0.25) is 20.1 Å². The van der Waals surface area contributed by atoms with Crippen LogP contribution in [0.1, 0.15) is 52.6 Å². The monoisotopic (exact) mass is 1170 g/mol. The molecule has 14 nitrogen and oxygen atoms in total. The molecule has 0 saturated heterocycles. The molecule has 2 aliphatic rings. The lowest BCUT2D eigenvalue weighted by Crippen LogP contribution is -2.40. The minimum atomic E-state index is -0.551. The molecule has 400 valence electrons. The van der Waals surface area contributed by atoms with E-state index in [1.807, 2.05) is 24.3 Å². The number of nitrogens with one attached hydrogen (secondary N) is 4. The van der Waals surface area contributed by atoms with Gasteiger partial charge in [0, 0.05) is 76.1 Å². The molecule has 17 rings (SSSR count). The van der Waals surface area contributed by atoms with Crippen molar-refractivity contribution in [1.29, 1.82) is 0 Å². The molecule has 0 radical (unpaired) electrons. The summed E-state index contributed by atoms with van der Waals surface area (Å²) in [5.74, 6) is -2.20. The highest BCUT2D eigenvalue weighted by molar-refractivity contribution is 6.42. The summed E-state index contributed by atoms with van der Waals surface area (Å²) in [6, 6.07) is 37.0. The number of benzene rings is 11. The molecule has 18 heteroatoms. The summed E-state index contributed by atoms with van der Waals surface area (Å²) in [5, 5.41) is 8.66. The van der Waals surface area contributed by atoms with Crippen molar-refractivity contribution in [3.8, 4) is 0 Å². The van der Waals surface area contributed by atoms with E-state index in [1.165, 1.54) is 0 Å². The summed E-state index contributed by atoms with van der Waals surface area (Å²) < 4.78 is 0. The number of carbonyl (C=O) groups excluding carboxylic acids is 4. The van der Waals surface area contributed by atoms with Gasteiger partial charge in [-0.2, -0.15) is 0 Å². The average molecular weight is 1180 g/mol. The van der Waals surface area contributed by atoms with Crippen molar-refractivity contribution in [3.05, 3.63) is 228 Å². The zero-order valence-corrected chi connectivity index (χ0v) is 45.8. The molecule has 0 aliphatic carbocycles. The fraction of sp³-hybridized carbons (Fsp3) is 0.0303. The highest BCUT2D eigenvalue weighted by Gasteiger charge is 2.38. The Kier molecular flexibility index (Phi) is 9.77. The Morgan fingerprint density at radius 3 is 0.905 bits per heavy atom. The van der Waals surface area contributed by atoms with Gasteiger partial charge in [0.25, 0.3) is 23.6 Å². The normalized spacial score (nSPS) is 13.8. The van der Waals surface area contributed by atoms with Crippen LogP contribution in [0.25, 0.3) is 130 Å². The van der Waals surface area contributed by atoms with Crippen molar-refractivity contribution in [1.82, 2.24) is 29.7 Å². The molecule has 4 N–H and O–H groups in total. The molecule has 0 spiro atoms. The van der Waals surface area contributed by atoms with Gasteiger partial charge in [0.2, 0.25) is 0 Å². The Morgan fingerprint density at radius 1 is 0.286 bits per heavy atom. The summed E-state index contributed by atoms with van der Waals surface area (Å²) in [6.45, 7) is -0.423. The molecule has 0 unspecified atom stereocenters. The van der Waals surface area contributed by atoms with Crippen molar-refractivity contribution in [2.45, 2.75) is 13.1 Å². The number of pyridine rings is 4.